The highest BCUT2D eigenvalue weighted by Crippen LogP contribution is 2.24. The minimum absolute atomic E-state index is 0.136. The van der Waals surface area contributed by atoms with E-state index in [2.05, 4.69) is 10.4 Å². The number of anilines is 1. The summed E-state index contributed by atoms with van der Waals surface area (Å²) in [6, 6.07) is 0.136. The molecule has 1 aromatic rings. The molecule has 0 aromatic carbocycles. The Morgan fingerprint density at radius 3 is 2.53 bits per heavy atom. The van der Waals surface area contributed by atoms with Gasteiger partial charge in [-0.3, -0.25) is 5.32 Å². The fourth-order valence-electron chi connectivity index (χ4n) is 1.20. The monoisotopic (exact) mass is 259 g/mol. The van der Waals surface area contributed by atoms with Crippen molar-refractivity contribution in [1.29, 1.82) is 0 Å². The molecule has 6 heteroatoms. The molecule has 1 N–H and O–H groups in total. The van der Waals surface area contributed by atoms with Crippen LogP contribution in [-0.2, 0) is 4.74 Å². The first-order chi connectivity index (χ1) is 7.70. The highest BCUT2D eigenvalue weighted by atomic mass is 35.5. The van der Waals surface area contributed by atoms with E-state index in [0.717, 1.165) is 0 Å². The zero-order valence-electron chi connectivity index (χ0n) is 10.7. The number of ether oxygens (including phenoxy) is 1. The van der Waals surface area contributed by atoms with Gasteiger partial charge in [-0.05, 0) is 34.6 Å². The van der Waals surface area contributed by atoms with Crippen molar-refractivity contribution >= 4 is 23.4 Å². The fourth-order valence-corrected chi connectivity index (χ4v) is 1.54. The molecule has 0 bridgehead atoms. The summed E-state index contributed by atoms with van der Waals surface area (Å²) in [6.45, 7) is 9.30. The molecular weight excluding hydrogens is 242 g/mol. The van der Waals surface area contributed by atoms with Crippen LogP contribution in [0.2, 0.25) is 5.15 Å². The summed E-state index contributed by atoms with van der Waals surface area (Å²) in [4.78, 5) is 11.5. The van der Waals surface area contributed by atoms with Crippen molar-refractivity contribution in [3.05, 3.63) is 11.3 Å². The number of carbonyl (C=O) groups excluding carboxylic acids is 1. The molecule has 17 heavy (non-hydrogen) atoms. The summed E-state index contributed by atoms with van der Waals surface area (Å²) in [5.41, 5.74) is -0.0838. The molecule has 0 aliphatic rings. The molecule has 0 atom stereocenters. The molecule has 1 amide bonds. The Balaban J connectivity index is 2.73. The molecule has 0 unspecified atom stereocenters. The number of carbonyl (C=O) groups is 1. The maximum atomic E-state index is 11.5. The van der Waals surface area contributed by atoms with Crippen LogP contribution in [0.3, 0.4) is 0 Å². The molecule has 1 heterocycles. The van der Waals surface area contributed by atoms with Crippen LogP contribution < -0.4 is 5.32 Å². The van der Waals surface area contributed by atoms with Crippen LogP contribution in [0.25, 0.3) is 0 Å². The number of hydrogen-bond acceptors (Lipinski definition) is 3. The highest BCUT2D eigenvalue weighted by Gasteiger charge is 2.19. The molecule has 0 saturated heterocycles. The Hall–Kier alpha value is -1.23. The van der Waals surface area contributed by atoms with Gasteiger partial charge >= 0.3 is 6.09 Å². The van der Waals surface area contributed by atoms with Gasteiger partial charge in [0.1, 0.15) is 11.3 Å². The van der Waals surface area contributed by atoms with E-state index in [1.807, 2.05) is 13.8 Å². The van der Waals surface area contributed by atoms with Crippen LogP contribution >= 0.6 is 11.6 Å². The maximum absolute atomic E-state index is 11.5. The quantitative estimate of drug-likeness (QED) is 0.885. The predicted molar refractivity (Wildman–Crippen MR) is 67.5 cm³/mol. The summed E-state index contributed by atoms with van der Waals surface area (Å²) >= 11 is 6.06. The molecule has 0 spiro atoms. The van der Waals surface area contributed by atoms with Crippen molar-refractivity contribution in [3.63, 3.8) is 0 Å². The van der Waals surface area contributed by atoms with E-state index in [9.17, 15) is 4.79 Å². The van der Waals surface area contributed by atoms with Crippen molar-refractivity contribution in [2.75, 3.05) is 5.32 Å². The Morgan fingerprint density at radius 2 is 2.12 bits per heavy atom. The van der Waals surface area contributed by atoms with Gasteiger partial charge in [-0.2, -0.15) is 5.10 Å². The van der Waals surface area contributed by atoms with Gasteiger partial charge in [-0.15, -0.1) is 0 Å². The van der Waals surface area contributed by atoms with Gasteiger partial charge in [0.2, 0.25) is 0 Å². The number of aromatic nitrogens is 2. The number of amides is 1. The summed E-state index contributed by atoms with van der Waals surface area (Å²) in [5, 5.41) is 7.04. The molecule has 96 valence electrons. The summed E-state index contributed by atoms with van der Waals surface area (Å²) in [5.74, 6) is 0. The summed E-state index contributed by atoms with van der Waals surface area (Å²) in [6.07, 6.45) is 0.967. The molecule has 1 rings (SSSR count). The molecular formula is C11H18ClN3O2. The SMILES string of the molecule is CC(C)n1ncc(NC(=O)OC(C)(C)C)c1Cl. The Labute approximate surface area is 106 Å². The molecule has 0 radical (unpaired) electrons. The number of halogens is 1. The van der Waals surface area contributed by atoms with Crippen LogP contribution in [0.5, 0.6) is 0 Å². The Kier molecular flexibility index (Phi) is 4.03. The van der Waals surface area contributed by atoms with Crippen LogP contribution in [-0.4, -0.2) is 21.5 Å². The van der Waals surface area contributed by atoms with Gasteiger partial charge in [0, 0.05) is 6.04 Å². The first-order valence-electron chi connectivity index (χ1n) is 5.43. The normalized spacial score (nSPS) is 11.7. The molecule has 0 saturated carbocycles. The van der Waals surface area contributed by atoms with Crippen LogP contribution in [0.4, 0.5) is 10.5 Å². The molecule has 0 fully saturated rings. The van der Waals surface area contributed by atoms with Crippen molar-refractivity contribution in [2.24, 2.45) is 0 Å². The van der Waals surface area contributed by atoms with Crippen molar-refractivity contribution < 1.29 is 9.53 Å². The first kappa shape index (κ1) is 13.8. The van der Waals surface area contributed by atoms with E-state index in [-0.39, 0.29) is 6.04 Å². The lowest BCUT2D eigenvalue weighted by atomic mass is 10.2. The zero-order valence-corrected chi connectivity index (χ0v) is 11.5. The lowest BCUT2D eigenvalue weighted by Crippen LogP contribution is -2.27. The smallest absolute Gasteiger partial charge is 0.412 e. The topological polar surface area (TPSA) is 56.2 Å². The predicted octanol–water partition coefficient (Wildman–Crippen LogP) is 3.46. The maximum Gasteiger partial charge on any atom is 0.412 e. The second-order valence-electron chi connectivity index (χ2n) is 5.01. The number of rotatable bonds is 2. The Morgan fingerprint density at radius 1 is 1.53 bits per heavy atom. The standard InChI is InChI=1S/C11H18ClN3O2/c1-7(2)15-9(12)8(6-13-15)14-10(16)17-11(3,4)5/h6-7H,1-5H3,(H,14,16). The molecule has 0 aliphatic heterocycles. The van der Waals surface area contributed by atoms with Gasteiger partial charge in [-0.25, -0.2) is 9.48 Å². The average molecular weight is 260 g/mol. The summed E-state index contributed by atoms with van der Waals surface area (Å²) in [7, 11) is 0. The van der Waals surface area contributed by atoms with Gasteiger partial charge in [0.05, 0.1) is 6.20 Å². The Bertz CT molecular complexity index is 407. The average Bonchev–Trinajstić information content (AvgIpc) is 2.44. The van der Waals surface area contributed by atoms with Gasteiger partial charge in [0.25, 0.3) is 0 Å². The van der Waals surface area contributed by atoms with E-state index in [4.69, 9.17) is 16.3 Å². The van der Waals surface area contributed by atoms with Gasteiger partial charge < -0.3 is 4.74 Å². The van der Waals surface area contributed by atoms with E-state index in [1.165, 1.54) is 6.20 Å². The first-order valence-corrected chi connectivity index (χ1v) is 5.81. The number of nitrogens with zero attached hydrogens (tertiary/aromatic N) is 2. The van der Waals surface area contributed by atoms with Crippen LogP contribution in [0.15, 0.2) is 6.20 Å². The van der Waals surface area contributed by atoms with E-state index < -0.39 is 11.7 Å². The highest BCUT2D eigenvalue weighted by molar-refractivity contribution is 6.32. The third-order valence-corrected chi connectivity index (χ3v) is 2.24. The van der Waals surface area contributed by atoms with Crippen molar-refractivity contribution in [2.45, 2.75) is 46.3 Å². The lowest BCUT2D eigenvalue weighted by molar-refractivity contribution is 0.0636. The molecule has 0 aliphatic carbocycles. The van der Waals surface area contributed by atoms with Crippen molar-refractivity contribution in [3.8, 4) is 0 Å². The van der Waals surface area contributed by atoms with E-state index >= 15 is 0 Å². The second kappa shape index (κ2) is 4.96. The van der Waals surface area contributed by atoms with Crippen LogP contribution in [0.1, 0.15) is 40.7 Å². The molecule has 5 nitrogen and oxygen atoms in total. The third-order valence-electron chi connectivity index (χ3n) is 1.86. The van der Waals surface area contributed by atoms with Crippen molar-refractivity contribution in [1.82, 2.24) is 9.78 Å². The van der Waals surface area contributed by atoms with E-state index in [0.29, 0.717) is 10.8 Å². The summed E-state index contributed by atoms with van der Waals surface area (Å²) < 4.78 is 6.74. The fraction of sp³-hybridized carbons (Fsp3) is 0.636. The van der Waals surface area contributed by atoms with E-state index in [1.54, 1.807) is 25.5 Å². The van der Waals surface area contributed by atoms with Gasteiger partial charge in [-0.1, -0.05) is 11.6 Å². The zero-order chi connectivity index (χ0) is 13.2. The van der Waals surface area contributed by atoms with Gasteiger partial charge in [0.15, 0.2) is 5.15 Å². The lowest BCUT2D eigenvalue weighted by Gasteiger charge is -2.19. The number of hydrogen-bond donors (Lipinski definition) is 1. The van der Waals surface area contributed by atoms with Crippen LogP contribution in [0, 0.1) is 0 Å². The minimum Gasteiger partial charge on any atom is -0.444 e. The largest absolute Gasteiger partial charge is 0.444 e. The molecule has 1 aromatic heterocycles. The number of nitrogens with one attached hydrogen (secondary N) is 1. The second-order valence-corrected chi connectivity index (χ2v) is 5.37. The third kappa shape index (κ3) is 3.93. The minimum atomic E-state index is -0.539.